The number of carbonyl (C=O) groups is 2. The molecule has 2 amide bonds. The number of carbonyl (C=O) groups excluding carboxylic acids is 2. The highest BCUT2D eigenvalue weighted by atomic mass is 19.1. The van der Waals surface area contributed by atoms with Crippen LogP contribution in [0.15, 0.2) is 24.3 Å². The van der Waals surface area contributed by atoms with E-state index in [0.717, 1.165) is 0 Å². The highest BCUT2D eigenvalue weighted by molar-refractivity contribution is 6.39. The van der Waals surface area contributed by atoms with E-state index in [-0.39, 0.29) is 18.2 Å². The van der Waals surface area contributed by atoms with Gasteiger partial charge in [0.05, 0.1) is 18.3 Å². The Balaban J connectivity index is 2.59. The number of aliphatic hydroxyl groups excluding tert-OH is 1. The Morgan fingerprint density at radius 3 is 2.45 bits per heavy atom. The first-order chi connectivity index (χ1) is 9.43. The largest absolute Gasteiger partial charge is 0.394 e. The monoisotopic (exact) mass is 282 g/mol. The van der Waals surface area contributed by atoms with E-state index in [1.165, 1.54) is 18.2 Å². The molecule has 0 radical (unpaired) electrons. The van der Waals surface area contributed by atoms with Crippen LogP contribution in [-0.2, 0) is 9.59 Å². The number of anilines is 1. The minimum atomic E-state index is -0.961. The van der Waals surface area contributed by atoms with E-state index in [9.17, 15) is 14.0 Å². The van der Waals surface area contributed by atoms with Gasteiger partial charge >= 0.3 is 11.8 Å². The van der Waals surface area contributed by atoms with Crippen LogP contribution < -0.4 is 10.6 Å². The quantitative estimate of drug-likeness (QED) is 0.712. The summed E-state index contributed by atoms with van der Waals surface area (Å²) in [5.74, 6) is -2.21. The van der Waals surface area contributed by atoms with Gasteiger partial charge < -0.3 is 15.7 Å². The molecular weight excluding hydrogens is 263 g/mol. The predicted molar refractivity (Wildman–Crippen MR) is 73.5 cm³/mol. The minimum absolute atomic E-state index is 0.0583. The fourth-order valence-corrected chi connectivity index (χ4v) is 1.74. The standard InChI is InChI=1S/C14H19FN2O3/c1-9(2)7-10(8-18)16-13(19)14(20)17-12-6-4-3-5-11(12)15/h3-6,9-10,18H,7-8H2,1-2H3,(H,16,19)(H,17,20). The fraction of sp³-hybridized carbons (Fsp3) is 0.429. The average Bonchev–Trinajstić information content (AvgIpc) is 2.39. The van der Waals surface area contributed by atoms with E-state index in [0.29, 0.717) is 6.42 Å². The van der Waals surface area contributed by atoms with Crippen molar-refractivity contribution < 1.29 is 19.1 Å². The van der Waals surface area contributed by atoms with E-state index in [1.807, 2.05) is 13.8 Å². The summed E-state index contributed by atoms with van der Waals surface area (Å²) in [5, 5.41) is 13.7. The number of hydrogen-bond acceptors (Lipinski definition) is 3. The van der Waals surface area contributed by atoms with Crippen LogP contribution in [0.1, 0.15) is 20.3 Å². The van der Waals surface area contributed by atoms with Crippen LogP contribution in [0.25, 0.3) is 0 Å². The second-order valence-electron chi connectivity index (χ2n) is 4.92. The third kappa shape index (κ3) is 4.97. The maximum atomic E-state index is 13.3. The summed E-state index contributed by atoms with van der Waals surface area (Å²) >= 11 is 0. The van der Waals surface area contributed by atoms with E-state index in [4.69, 9.17) is 5.11 Å². The van der Waals surface area contributed by atoms with Gasteiger partial charge in [0.1, 0.15) is 5.82 Å². The molecule has 0 fully saturated rings. The zero-order chi connectivity index (χ0) is 15.1. The van der Waals surface area contributed by atoms with Gasteiger partial charge in [-0.15, -0.1) is 0 Å². The summed E-state index contributed by atoms with van der Waals surface area (Å²) in [6, 6.07) is 5.08. The van der Waals surface area contributed by atoms with Gasteiger partial charge in [0.2, 0.25) is 0 Å². The van der Waals surface area contributed by atoms with Crippen molar-refractivity contribution in [3.8, 4) is 0 Å². The molecule has 0 aliphatic heterocycles. The molecule has 0 aliphatic carbocycles. The second kappa shape index (κ2) is 7.59. The van der Waals surface area contributed by atoms with Crippen LogP contribution in [0.4, 0.5) is 10.1 Å². The number of aliphatic hydroxyl groups is 1. The van der Waals surface area contributed by atoms with Crippen LogP contribution >= 0.6 is 0 Å². The molecule has 6 heteroatoms. The Morgan fingerprint density at radius 2 is 1.90 bits per heavy atom. The van der Waals surface area contributed by atoms with E-state index >= 15 is 0 Å². The van der Waals surface area contributed by atoms with Crippen LogP contribution in [0.5, 0.6) is 0 Å². The summed E-state index contributed by atoms with van der Waals surface area (Å²) in [6.07, 6.45) is 0.551. The van der Waals surface area contributed by atoms with Crippen LogP contribution in [0, 0.1) is 11.7 Å². The Kier molecular flexibility index (Phi) is 6.11. The normalized spacial score (nSPS) is 12.1. The van der Waals surface area contributed by atoms with Crippen molar-refractivity contribution in [2.45, 2.75) is 26.3 Å². The first kappa shape index (κ1) is 16.1. The zero-order valence-electron chi connectivity index (χ0n) is 11.5. The van der Waals surface area contributed by atoms with Crippen molar-refractivity contribution in [2.75, 3.05) is 11.9 Å². The molecule has 1 aromatic carbocycles. The molecule has 0 aromatic heterocycles. The lowest BCUT2D eigenvalue weighted by Gasteiger charge is -2.17. The third-order valence-electron chi connectivity index (χ3n) is 2.64. The van der Waals surface area contributed by atoms with Crippen LogP contribution in [-0.4, -0.2) is 29.6 Å². The lowest BCUT2D eigenvalue weighted by molar-refractivity contribution is -0.136. The number of rotatable bonds is 5. The molecule has 0 bridgehead atoms. The minimum Gasteiger partial charge on any atom is -0.394 e. The maximum absolute atomic E-state index is 13.3. The third-order valence-corrected chi connectivity index (χ3v) is 2.64. The number of amides is 2. The molecule has 3 N–H and O–H groups in total. The molecule has 0 heterocycles. The van der Waals surface area contributed by atoms with Crippen molar-refractivity contribution in [3.63, 3.8) is 0 Å². The maximum Gasteiger partial charge on any atom is 0.313 e. The topological polar surface area (TPSA) is 78.4 Å². The summed E-state index contributed by atoms with van der Waals surface area (Å²) in [7, 11) is 0. The average molecular weight is 282 g/mol. The van der Waals surface area contributed by atoms with Gasteiger partial charge in [-0.1, -0.05) is 26.0 Å². The smallest absolute Gasteiger partial charge is 0.313 e. The summed E-state index contributed by atoms with van der Waals surface area (Å²) in [5.41, 5.74) is -0.0583. The Labute approximate surface area is 117 Å². The molecule has 0 saturated carbocycles. The second-order valence-corrected chi connectivity index (χ2v) is 4.92. The Hall–Kier alpha value is -1.95. The molecule has 1 aromatic rings. The zero-order valence-corrected chi connectivity index (χ0v) is 11.5. The molecule has 1 atom stereocenters. The number of halogens is 1. The molecule has 0 saturated heterocycles. The predicted octanol–water partition coefficient (Wildman–Crippen LogP) is 1.29. The SMILES string of the molecule is CC(C)CC(CO)NC(=O)C(=O)Nc1ccccc1F. The van der Waals surface area contributed by atoms with Gasteiger partial charge in [0, 0.05) is 0 Å². The summed E-state index contributed by atoms with van der Waals surface area (Å²) in [6.45, 7) is 3.62. The van der Waals surface area contributed by atoms with Crippen molar-refractivity contribution in [3.05, 3.63) is 30.1 Å². The van der Waals surface area contributed by atoms with Gasteiger partial charge in [0.15, 0.2) is 0 Å². The molecule has 20 heavy (non-hydrogen) atoms. The lowest BCUT2D eigenvalue weighted by Crippen LogP contribution is -2.44. The van der Waals surface area contributed by atoms with Crippen molar-refractivity contribution in [1.29, 1.82) is 0 Å². The van der Waals surface area contributed by atoms with Crippen molar-refractivity contribution >= 4 is 17.5 Å². The van der Waals surface area contributed by atoms with Crippen molar-refractivity contribution in [2.24, 2.45) is 5.92 Å². The van der Waals surface area contributed by atoms with E-state index < -0.39 is 23.7 Å². The number of hydrogen-bond donors (Lipinski definition) is 3. The number of para-hydroxylation sites is 1. The van der Waals surface area contributed by atoms with Crippen LogP contribution in [0.2, 0.25) is 0 Å². The van der Waals surface area contributed by atoms with E-state index in [2.05, 4.69) is 10.6 Å². The van der Waals surface area contributed by atoms with Gasteiger partial charge in [-0.2, -0.15) is 0 Å². The molecule has 110 valence electrons. The van der Waals surface area contributed by atoms with Gasteiger partial charge in [0.25, 0.3) is 0 Å². The summed E-state index contributed by atoms with van der Waals surface area (Å²) < 4.78 is 13.3. The first-order valence-electron chi connectivity index (χ1n) is 6.41. The Bertz CT molecular complexity index is 477. The van der Waals surface area contributed by atoms with Crippen LogP contribution in [0.3, 0.4) is 0 Å². The fourth-order valence-electron chi connectivity index (χ4n) is 1.74. The highest BCUT2D eigenvalue weighted by Gasteiger charge is 2.19. The van der Waals surface area contributed by atoms with E-state index in [1.54, 1.807) is 6.07 Å². The molecule has 1 rings (SSSR count). The highest BCUT2D eigenvalue weighted by Crippen LogP contribution is 2.12. The number of nitrogens with one attached hydrogen (secondary N) is 2. The number of benzene rings is 1. The van der Waals surface area contributed by atoms with Gasteiger partial charge in [-0.3, -0.25) is 9.59 Å². The molecule has 0 aliphatic rings. The molecule has 0 spiro atoms. The molecular formula is C14H19FN2O3. The summed E-state index contributed by atoms with van der Waals surface area (Å²) in [4.78, 5) is 23.3. The molecule has 1 unspecified atom stereocenters. The molecule has 5 nitrogen and oxygen atoms in total. The lowest BCUT2D eigenvalue weighted by atomic mass is 10.0. The van der Waals surface area contributed by atoms with Crippen molar-refractivity contribution in [1.82, 2.24) is 5.32 Å². The first-order valence-corrected chi connectivity index (χ1v) is 6.41. The Morgan fingerprint density at radius 1 is 1.25 bits per heavy atom. The van der Waals surface area contributed by atoms with Gasteiger partial charge in [-0.25, -0.2) is 4.39 Å². The van der Waals surface area contributed by atoms with Gasteiger partial charge in [-0.05, 0) is 24.5 Å².